The first-order valence-electron chi connectivity index (χ1n) is 11.3. The van der Waals surface area contributed by atoms with Gasteiger partial charge in [0.15, 0.2) is 0 Å². The highest BCUT2D eigenvalue weighted by molar-refractivity contribution is 5.90. The monoisotopic (exact) mass is 411 g/mol. The maximum Gasteiger partial charge on any atom is 0.291 e. The number of benzene rings is 1. The van der Waals surface area contributed by atoms with E-state index in [1.807, 2.05) is 41.9 Å². The molecular weight excluding hydrogens is 378 g/mol. The van der Waals surface area contributed by atoms with Gasteiger partial charge in [0.1, 0.15) is 5.82 Å². The minimum Gasteiger partial charge on any atom is -0.382 e. The molecule has 1 aliphatic heterocycles. The van der Waals surface area contributed by atoms with Crippen molar-refractivity contribution < 1.29 is 9.53 Å². The van der Waals surface area contributed by atoms with Crippen molar-refractivity contribution >= 4 is 5.91 Å². The van der Waals surface area contributed by atoms with E-state index in [9.17, 15) is 4.79 Å². The van der Waals surface area contributed by atoms with Crippen LogP contribution in [0, 0.1) is 5.92 Å². The quantitative estimate of drug-likeness (QED) is 0.642. The molecule has 1 N–H and O–H groups in total. The summed E-state index contributed by atoms with van der Waals surface area (Å²) in [5.41, 5.74) is 0.958. The van der Waals surface area contributed by atoms with Crippen LogP contribution < -0.4 is 5.32 Å². The summed E-state index contributed by atoms with van der Waals surface area (Å²) < 4.78 is 7.28. The van der Waals surface area contributed by atoms with E-state index in [-0.39, 0.29) is 17.8 Å². The predicted molar refractivity (Wildman–Crippen MR) is 116 cm³/mol. The van der Waals surface area contributed by atoms with Gasteiger partial charge in [-0.3, -0.25) is 4.79 Å². The van der Waals surface area contributed by atoms with Gasteiger partial charge in [-0.1, -0.05) is 25.1 Å². The number of likely N-dealkylation sites (tertiary alicyclic amines) is 1. The molecule has 162 valence electrons. The Morgan fingerprint density at radius 2 is 2.03 bits per heavy atom. The Balaban J connectivity index is 1.36. The molecule has 0 spiro atoms. The minimum atomic E-state index is -0.159. The van der Waals surface area contributed by atoms with Crippen LogP contribution in [0.2, 0.25) is 0 Å². The van der Waals surface area contributed by atoms with E-state index in [2.05, 4.69) is 27.2 Å². The lowest BCUT2D eigenvalue weighted by atomic mass is 9.93. The number of hydrogen-bond donors (Lipinski definition) is 1. The standard InChI is InChI=1S/C23H33N5O2/c1-3-30-15-7-13-27-14-12-20(17(2)16-27)24-23(29)21-25-22(18-10-11-18)28(26-21)19-8-5-4-6-9-19/h4-6,8-9,17-18,20H,3,7,10-16H2,1-2H3,(H,24,29). The van der Waals surface area contributed by atoms with Crippen LogP contribution in [0.5, 0.6) is 0 Å². The van der Waals surface area contributed by atoms with Crippen molar-refractivity contribution in [1.29, 1.82) is 0 Å². The molecule has 2 unspecified atom stereocenters. The maximum absolute atomic E-state index is 12.9. The van der Waals surface area contributed by atoms with Crippen LogP contribution in [0.4, 0.5) is 0 Å². The minimum absolute atomic E-state index is 0.159. The number of carbonyl (C=O) groups excluding carboxylic acids is 1. The van der Waals surface area contributed by atoms with Gasteiger partial charge in [-0.05, 0) is 50.7 Å². The fraction of sp³-hybridized carbons (Fsp3) is 0.609. The molecule has 0 radical (unpaired) electrons. The van der Waals surface area contributed by atoms with Crippen LogP contribution in [0.1, 0.15) is 61.9 Å². The second-order valence-corrected chi connectivity index (χ2v) is 8.51. The number of amides is 1. The van der Waals surface area contributed by atoms with Gasteiger partial charge in [0, 0.05) is 44.8 Å². The highest BCUT2D eigenvalue weighted by atomic mass is 16.5. The summed E-state index contributed by atoms with van der Waals surface area (Å²) in [4.78, 5) is 20.0. The molecular formula is C23H33N5O2. The zero-order valence-electron chi connectivity index (χ0n) is 18.1. The molecule has 1 saturated heterocycles. The van der Waals surface area contributed by atoms with Gasteiger partial charge in [-0.2, -0.15) is 0 Å². The van der Waals surface area contributed by atoms with E-state index in [0.717, 1.165) is 70.0 Å². The zero-order chi connectivity index (χ0) is 20.9. The maximum atomic E-state index is 12.9. The Hall–Kier alpha value is -2.25. The third-order valence-corrected chi connectivity index (χ3v) is 6.05. The average molecular weight is 412 g/mol. The number of para-hydroxylation sites is 1. The van der Waals surface area contributed by atoms with Gasteiger partial charge in [0.2, 0.25) is 5.82 Å². The molecule has 2 aromatic rings. The lowest BCUT2D eigenvalue weighted by molar-refractivity contribution is 0.0834. The van der Waals surface area contributed by atoms with Gasteiger partial charge in [0.05, 0.1) is 5.69 Å². The third kappa shape index (κ3) is 5.08. The Morgan fingerprint density at radius 3 is 2.73 bits per heavy atom. The highest BCUT2D eigenvalue weighted by Crippen LogP contribution is 2.39. The van der Waals surface area contributed by atoms with Crippen molar-refractivity contribution in [1.82, 2.24) is 25.0 Å². The Morgan fingerprint density at radius 1 is 1.23 bits per heavy atom. The highest BCUT2D eigenvalue weighted by Gasteiger charge is 2.33. The molecule has 7 heteroatoms. The Labute approximate surface area is 178 Å². The summed E-state index contributed by atoms with van der Waals surface area (Å²) >= 11 is 0. The van der Waals surface area contributed by atoms with E-state index in [0.29, 0.717) is 11.8 Å². The molecule has 1 amide bonds. The molecule has 1 aromatic carbocycles. The van der Waals surface area contributed by atoms with Gasteiger partial charge in [-0.15, -0.1) is 5.10 Å². The summed E-state index contributed by atoms with van der Waals surface area (Å²) in [6.45, 7) is 8.89. The predicted octanol–water partition coefficient (Wildman–Crippen LogP) is 3.01. The van der Waals surface area contributed by atoms with Crippen molar-refractivity contribution in [3.05, 3.63) is 42.0 Å². The lowest BCUT2D eigenvalue weighted by Gasteiger charge is -2.37. The molecule has 30 heavy (non-hydrogen) atoms. The lowest BCUT2D eigenvalue weighted by Crippen LogP contribution is -2.50. The number of ether oxygens (including phenoxy) is 1. The van der Waals surface area contributed by atoms with E-state index < -0.39 is 0 Å². The number of aromatic nitrogens is 3. The second kappa shape index (κ2) is 9.71. The van der Waals surface area contributed by atoms with E-state index in [1.165, 1.54) is 0 Å². The topological polar surface area (TPSA) is 72.3 Å². The molecule has 2 aliphatic rings. The molecule has 1 aliphatic carbocycles. The summed E-state index contributed by atoms with van der Waals surface area (Å²) in [7, 11) is 0. The zero-order valence-corrected chi connectivity index (χ0v) is 18.1. The smallest absolute Gasteiger partial charge is 0.291 e. The first-order chi connectivity index (χ1) is 14.7. The van der Waals surface area contributed by atoms with Crippen molar-refractivity contribution in [2.24, 2.45) is 5.92 Å². The SMILES string of the molecule is CCOCCCN1CCC(NC(=O)c2nc(C3CC3)n(-c3ccccc3)n2)C(C)C1. The van der Waals surface area contributed by atoms with Crippen LogP contribution >= 0.6 is 0 Å². The van der Waals surface area contributed by atoms with Gasteiger partial charge in [0.25, 0.3) is 5.91 Å². The van der Waals surface area contributed by atoms with Crippen LogP contribution in [0.15, 0.2) is 30.3 Å². The molecule has 2 atom stereocenters. The second-order valence-electron chi connectivity index (χ2n) is 8.51. The van der Waals surface area contributed by atoms with Crippen molar-refractivity contribution in [3.63, 3.8) is 0 Å². The molecule has 2 fully saturated rings. The van der Waals surface area contributed by atoms with E-state index in [4.69, 9.17) is 4.74 Å². The van der Waals surface area contributed by atoms with E-state index >= 15 is 0 Å². The van der Waals surface area contributed by atoms with Gasteiger partial charge < -0.3 is 15.0 Å². The largest absolute Gasteiger partial charge is 0.382 e. The normalized spacial score (nSPS) is 22.2. The van der Waals surface area contributed by atoms with Gasteiger partial charge >= 0.3 is 0 Å². The van der Waals surface area contributed by atoms with Gasteiger partial charge in [-0.25, -0.2) is 9.67 Å². The molecule has 7 nitrogen and oxygen atoms in total. The molecule has 2 heterocycles. The van der Waals surface area contributed by atoms with E-state index in [1.54, 1.807) is 0 Å². The van der Waals surface area contributed by atoms with Crippen LogP contribution in [0.3, 0.4) is 0 Å². The summed E-state index contributed by atoms with van der Waals surface area (Å²) in [5.74, 6) is 1.84. The molecule has 4 rings (SSSR count). The third-order valence-electron chi connectivity index (χ3n) is 6.05. The molecule has 1 saturated carbocycles. The summed E-state index contributed by atoms with van der Waals surface area (Å²) in [6.07, 6.45) is 4.25. The number of rotatable bonds is 9. The van der Waals surface area contributed by atoms with Crippen molar-refractivity contribution in [2.45, 2.75) is 51.5 Å². The summed E-state index contributed by atoms with van der Waals surface area (Å²) in [5, 5.41) is 7.78. The number of nitrogens with one attached hydrogen (secondary N) is 1. The fourth-order valence-electron chi connectivity index (χ4n) is 4.20. The molecule has 1 aromatic heterocycles. The number of carbonyl (C=O) groups is 1. The Kier molecular flexibility index (Phi) is 6.79. The fourth-order valence-corrected chi connectivity index (χ4v) is 4.20. The summed E-state index contributed by atoms with van der Waals surface area (Å²) in [6, 6.07) is 10.1. The van der Waals surface area contributed by atoms with Crippen LogP contribution in [0.25, 0.3) is 5.69 Å². The van der Waals surface area contributed by atoms with Crippen LogP contribution in [-0.4, -0.2) is 64.5 Å². The molecule has 0 bridgehead atoms. The number of piperidine rings is 1. The van der Waals surface area contributed by atoms with Crippen molar-refractivity contribution in [2.75, 3.05) is 32.8 Å². The Bertz CT molecular complexity index is 833. The average Bonchev–Trinajstić information content (AvgIpc) is 3.51. The van der Waals surface area contributed by atoms with Crippen LogP contribution in [-0.2, 0) is 4.74 Å². The number of nitrogens with zero attached hydrogens (tertiary/aromatic N) is 4. The number of hydrogen-bond acceptors (Lipinski definition) is 5. The first kappa shape index (κ1) is 21.0. The first-order valence-corrected chi connectivity index (χ1v) is 11.3. The van der Waals surface area contributed by atoms with Crippen molar-refractivity contribution in [3.8, 4) is 5.69 Å².